The Hall–Kier alpha value is -13.9. The molecule has 1 aromatic heterocycles. The summed E-state index contributed by atoms with van der Waals surface area (Å²) >= 11 is 0.668. The van der Waals surface area contributed by atoms with Gasteiger partial charge < -0.3 is 99.0 Å². The van der Waals surface area contributed by atoms with Gasteiger partial charge >= 0.3 is 0 Å². The molecule has 2 heterocycles. The van der Waals surface area contributed by atoms with Gasteiger partial charge in [0.25, 0.3) is 0 Å². The van der Waals surface area contributed by atoms with Gasteiger partial charge in [-0.05, 0) is 121 Å². The number of nitrogens with one attached hydrogen (secondary N) is 10. The number of aromatic nitrogens is 1. The number of nitrogens with two attached hydrogens (primary N) is 2. The number of aromatic hydroxyl groups is 2. The van der Waals surface area contributed by atoms with Crippen molar-refractivity contribution in [2.24, 2.45) is 23.3 Å². The van der Waals surface area contributed by atoms with Crippen LogP contribution in [0.5, 0.6) is 11.5 Å². The molecule has 13 atom stereocenters. The van der Waals surface area contributed by atoms with Crippen molar-refractivity contribution in [3.63, 3.8) is 0 Å². The summed E-state index contributed by atoms with van der Waals surface area (Å²) in [5.74, 6) is -23.5. The largest absolute Gasteiger partial charge is 0.508 e. The molecule has 0 radical (unpaired) electrons. The minimum atomic E-state index is -1.87. The lowest BCUT2D eigenvalue weighted by Crippen LogP contribution is -2.62. The second-order valence-corrected chi connectivity index (χ2v) is 34.6. The summed E-state index contributed by atoms with van der Waals surface area (Å²) in [4.78, 5) is 243. The van der Waals surface area contributed by atoms with Crippen molar-refractivity contribution >= 4 is 117 Å². The number of likely N-dealkylation sites (N-methyl/N-ethyl adjacent to an activating group) is 5. The number of phenolic OH excluding ortho intramolecular Hbond substituents is 2. The van der Waals surface area contributed by atoms with Crippen LogP contribution in [0.3, 0.4) is 0 Å². The quantitative estimate of drug-likeness (QED) is 0.0458. The molecule has 708 valence electrons. The number of hydrogen-bond acceptors (Lipinski definition) is 19. The van der Waals surface area contributed by atoms with Crippen molar-refractivity contribution in [3.8, 4) is 11.5 Å². The van der Waals surface area contributed by atoms with Crippen LogP contribution in [0.15, 0.2) is 152 Å². The first-order chi connectivity index (χ1) is 62.4. The molecule has 35 nitrogen and oxygen atoms in total. The Kier molecular flexibility index (Phi) is 37.7. The zero-order valence-electron chi connectivity index (χ0n) is 75.4. The SMILES string of the molecule is CC(C)C[C@@H]1NC(=O)[C@H](Cc2ccc(O)cc2)NC(=O)[C@H](Cc2c[nH]c3ccccc23)NC(=O)[C@@H](C)N(C)C(=O)[C@H](Cc2ccc(O)cc2)NC(=O)[C@H](Cc2ccccc2)N(C)C(=O)[C@H](C(C)C)NC(=O)[C@H](CCC(N)=O)NC(=O)[C@@H](C)N(C)C(=O)[C@H](C)N(C)C(=O)[C@H](Cc2ccccc2)N(C)C(=O)[C@H](Cc2cc(F)c(F)c(F)c2)NC(=O)CSC[C@@H](C(=O)NCC(N)=O)NC1=O. The van der Waals surface area contributed by atoms with Crippen LogP contribution in [-0.4, -0.2) is 266 Å². The minimum absolute atomic E-state index is 0.149. The molecule has 0 aliphatic carbocycles. The van der Waals surface area contributed by atoms with Crippen molar-refractivity contribution in [1.29, 1.82) is 0 Å². The first-order valence-corrected chi connectivity index (χ1v) is 44.1. The summed E-state index contributed by atoms with van der Waals surface area (Å²) in [5, 5.41) is 45.1. The summed E-state index contributed by atoms with van der Waals surface area (Å²) < 4.78 is 44.8. The normalized spacial score (nSPS) is 22.8. The summed E-state index contributed by atoms with van der Waals surface area (Å²) in [5.41, 5.74) is 13.5. The van der Waals surface area contributed by atoms with Gasteiger partial charge in [0, 0.05) is 103 Å². The average molecular weight is 1850 g/mol. The van der Waals surface area contributed by atoms with Gasteiger partial charge in [-0.1, -0.05) is 131 Å². The lowest BCUT2D eigenvalue weighted by Gasteiger charge is -2.36. The van der Waals surface area contributed by atoms with Crippen LogP contribution in [-0.2, 0) is 115 Å². The molecule has 0 spiro atoms. The Bertz CT molecular complexity index is 5290. The third-order valence-electron chi connectivity index (χ3n) is 23.0. The van der Waals surface area contributed by atoms with E-state index in [0.29, 0.717) is 62.6 Å². The molecule has 8 rings (SSSR count). The van der Waals surface area contributed by atoms with E-state index < -0.39 is 240 Å². The smallest absolute Gasteiger partial charge is 0.246 e. The van der Waals surface area contributed by atoms with Crippen LogP contribution in [0.1, 0.15) is 101 Å². The van der Waals surface area contributed by atoms with E-state index in [1.807, 2.05) is 0 Å². The van der Waals surface area contributed by atoms with Gasteiger partial charge in [0.05, 0.1) is 12.3 Å². The molecular formula is C93H116F3N17O18S. The number of primary amides is 2. The highest BCUT2D eigenvalue weighted by Gasteiger charge is 2.43. The van der Waals surface area contributed by atoms with Crippen LogP contribution in [0, 0.1) is 29.3 Å². The highest BCUT2D eigenvalue weighted by atomic mass is 32.2. The number of aromatic amines is 1. The zero-order chi connectivity index (χ0) is 97.2. The Balaban J connectivity index is 1.23. The molecule has 1 aliphatic rings. The predicted octanol–water partition coefficient (Wildman–Crippen LogP) is 2.14. The number of carbonyl (C=O) groups is 16. The number of phenols is 2. The number of halogens is 3. The first-order valence-electron chi connectivity index (χ1n) is 42.9. The third-order valence-corrected chi connectivity index (χ3v) is 24.0. The van der Waals surface area contributed by atoms with Gasteiger partial charge in [-0.15, -0.1) is 11.8 Å². The number of thioether (sulfide) groups is 1. The van der Waals surface area contributed by atoms with Gasteiger partial charge in [-0.25, -0.2) is 13.2 Å². The molecule has 0 saturated carbocycles. The molecule has 6 aromatic carbocycles. The van der Waals surface area contributed by atoms with Crippen molar-refractivity contribution in [3.05, 3.63) is 203 Å². The number of carbonyl (C=O) groups excluding carboxylic acids is 16. The molecule has 39 heteroatoms. The molecule has 0 bridgehead atoms. The van der Waals surface area contributed by atoms with E-state index in [9.17, 15) is 53.0 Å². The van der Waals surface area contributed by atoms with E-state index in [2.05, 4.69) is 52.8 Å². The van der Waals surface area contributed by atoms with Crippen molar-refractivity contribution in [1.82, 2.24) is 77.3 Å². The van der Waals surface area contributed by atoms with Gasteiger partial charge in [0.15, 0.2) is 17.5 Å². The van der Waals surface area contributed by atoms with E-state index in [-0.39, 0.29) is 55.6 Å². The number of rotatable bonds is 21. The van der Waals surface area contributed by atoms with E-state index >= 15 is 47.1 Å². The lowest BCUT2D eigenvalue weighted by atomic mass is 9.98. The van der Waals surface area contributed by atoms with Gasteiger partial charge in [0.1, 0.15) is 90.0 Å². The topological polar surface area (TPSA) is 506 Å². The Morgan fingerprint density at radius 3 is 1.43 bits per heavy atom. The molecule has 1 aliphatic heterocycles. The Morgan fingerprint density at radius 1 is 0.447 bits per heavy atom. The highest BCUT2D eigenvalue weighted by molar-refractivity contribution is 8.00. The number of benzene rings is 6. The number of amides is 16. The molecular weight excluding hydrogens is 1730 g/mol. The molecule has 1 saturated heterocycles. The minimum Gasteiger partial charge on any atom is -0.508 e. The summed E-state index contributed by atoms with van der Waals surface area (Å²) in [6.07, 6.45) is -1.77. The number of nitrogens with zero attached hydrogens (tertiary/aromatic N) is 5. The van der Waals surface area contributed by atoms with Crippen molar-refractivity contribution < 1.29 is 100 Å². The fourth-order valence-corrected chi connectivity index (χ4v) is 15.7. The maximum absolute atomic E-state index is 15.5. The second kappa shape index (κ2) is 48.1. The zero-order valence-corrected chi connectivity index (χ0v) is 76.3. The summed E-state index contributed by atoms with van der Waals surface area (Å²) in [6.45, 7) is 9.70. The van der Waals surface area contributed by atoms with Gasteiger partial charge in [0.2, 0.25) is 94.5 Å². The summed E-state index contributed by atoms with van der Waals surface area (Å²) in [6, 6.07) is 15.1. The number of fused-ring (bicyclic) bond motifs is 1. The van der Waals surface area contributed by atoms with E-state index in [4.69, 9.17) is 11.5 Å². The Morgan fingerprint density at radius 2 is 0.886 bits per heavy atom. The molecule has 16 N–H and O–H groups in total. The van der Waals surface area contributed by atoms with Crippen molar-refractivity contribution in [2.75, 3.05) is 53.3 Å². The fraction of sp³-hybridized carbons (Fsp3) is 0.419. The highest BCUT2D eigenvalue weighted by Crippen LogP contribution is 2.25. The standard InChI is InChI=1S/C93H116F3N17O18S/c1-50(2)37-68-85(123)107-73(83(121)100-47-77(98)117)48-132-49-78(118)101-71(42-59-38-64(94)79(96)65(95)39-59)91(129)113(12)75(44-56-23-17-14-18-24-56)92(130)111(10)54(7)89(127)109(8)52(5)81(119)102-67(35-36-76(97)116)84(122)108-80(51(3)4)93(131)112(11)74(43-55-21-15-13-16-22-55)88(126)106-72(41-58-29-33-62(115)34-30-58)90(128)110(9)53(6)82(120)103-70(45-60-46-99-66-26-20-19-25-63(60)66)87(125)105-69(86(124)104-68)40-57-27-31-61(114)32-28-57/h13-34,38-39,46,50-54,67-75,80,99,114-115H,35-37,40-45,47-49H2,1-12H3,(H2,97,116)(H2,98,117)(H,100,121)(H,101,118)(H,102,119)(H,103,120)(H,104,124)(H,105,125)(H,106,126)(H,107,123)(H,108,122)/t52-,53-,54+,67+,68+,69+,70+,71+,72+,73+,74+,75+,80+/m1/s1. The van der Waals surface area contributed by atoms with E-state index in [1.165, 1.54) is 105 Å². The lowest BCUT2D eigenvalue weighted by molar-refractivity contribution is -0.151. The summed E-state index contributed by atoms with van der Waals surface area (Å²) in [7, 11) is 6.15. The number of para-hydroxylation sites is 1. The molecule has 16 amide bonds. The van der Waals surface area contributed by atoms with Crippen LogP contribution in [0.4, 0.5) is 13.2 Å². The Labute approximate surface area is 766 Å². The van der Waals surface area contributed by atoms with E-state index in [1.54, 1.807) is 119 Å². The van der Waals surface area contributed by atoms with Crippen LogP contribution >= 0.6 is 11.8 Å². The first kappa shape index (κ1) is 103. The van der Waals surface area contributed by atoms with Gasteiger partial charge in [-0.3, -0.25) is 76.7 Å². The predicted molar refractivity (Wildman–Crippen MR) is 483 cm³/mol. The van der Waals surface area contributed by atoms with Gasteiger partial charge in [-0.2, -0.15) is 0 Å². The molecule has 1 fully saturated rings. The fourth-order valence-electron chi connectivity index (χ4n) is 14.8. The molecule has 7 aromatic rings. The number of hydrogen-bond donors (Lipinski definition) is 14. The molecule has 132 heavy (non-hydrogen) atoms. The average Bonchev–Trinajstić information content (AvgIpc) is 1.70. The van der Waals surface area contributed by atoms with Crippen LogP contribution < -0.4 is 59.3 Å². The number of H-pyrrole nitrogens is 1. The maximum Gasteiger partial charge on any atom is 0.246 e. The second-order valence-electron chi connectivity index (χ2n) is 33.6. The third kappa shape index (κ3) is 29.1. The van der Waals surface area contributed by atoms with Crippen LogP contribution in [0.25, 0.3) is 10.9 Å². The van der Waals surface area contributed by atoms with Crippen molar-refractivity contribution in [2.45, 2.75) is 185 Å². The van der Waals surface area contributed by atoms with Crippen LogP contribution in [0.2, 0.25) is 0 Å². The monoisotopic (exact) mass is 1850 g/mol. The molecule has 0 unspecified atom stereocenters. The van der Waals surface area contributed by atoms with E-state index in [0.717, 1.165) is 24.5 Å². The maximum atomic E-state index is 15.5.